The van der Waals surface area contributed by atoms with Crippen molar-refractivity contribution in [3.05, 3.63) is 29.6 Å². The molecule has 3 rings (SSSR count). The summed E-state index contributed by atoms with van der Waals surface area (Å²) in [6.45, 7) is 0.533. The van der Waals surface area contributed by atoms with E-state index in [1.54, 1.807) is 6.07 Å². The van der Waals surface area contributed by atoms with Crippen LogP contribution in [0.4, 0.5) is 10.1 Å². The average Bonchev–Trinajstić information content (AvgIpc) is 2.58. The Morgan fingerprint density at radius 1 is 1.57 bits per heavy atom. The van der Waals surface area contributed by atoms with Crippen molar-refractivity contribution in [2.75, 3.05) is 11.9 Å². The molecule has 2 atom stereocenters. The maximum atomic E-state index is 12.9. The van der Waals surface area contributed by atoms with E-state index >= 15 is 0 Å². The van der Waals surface area contributed by atoms with Crippen molar-refractivity contribution < 1.29 is 14.2 Å². The first-order chi connectivity index (χ1) is 6.70. The Labute approximate surface area is 80.5 Å². The predicted molar refractivity (Wildman–Crippen MR) is 48.3 cm³/mol. The maximum absolute atomic E-state index is 12.9. The van der Waals surface area contributed by atoms with Crippen LogP contribution in [0.5, 0.6) is 0 Å². The van der Waals surface area contributed by atoms with E-state index in [2.05, 4.69) is 5.32 Å². The van der Waals surface area contributed by atoms with Crippen LogP contribution in [-0.4, -0.2) is 17.9 Å². The first-order valence-corrected chi connectivity index (χ1v) is 4.61. The molecule has 2 aliphatic rings. The van der Waals surface area contributed by atoms with Crippen LogP contribution in [0.3, 0.4) is 0 Å². The summed E-state index contributed by atoms with van der Waals surface area (Å²) in [5, 5.41) is 13.2. The van der Waals surface area contributed by atoms with Crippen molar-refractivity contribution in [3.8, 4) is 0 Å². The summed E-state index contributed by atoms with van der Waals surface area (Å²) in [7, 11) is 0. The summed E-state index contributed by atoms with van der Waals surface area (Å²) >= 11 is 0. The molecule has 1 fully saturated rings. The van der Waals surface area contributed by atoms with Gasteiger partial charge in [0.2, 0.25) is 0 Å². The number of hydrogen-bond donors (Lipinski definition) is 2. The molecule has 2 heterocycles. The highest BCUT2D eigenvalue weighted by molar-refractivity contribution is 5.60. The van der Waals surface area contributed by atoms with Crippen molar-refractivity contribution >= 4 is 5.69 Å². The van der Waals surface area contributed by atoms with E-state index in [0.717, 1.165) is 5.56 Å². The Hall–Kier alpha value is -1.13. The fraction of sp³-hybridized carbons (Fsp3) is 0.400. The quantitative estimate of drug-likeness (QED) is 0.653. The molecule has 4 heteroatoms. The van der Waals surface area contributed by atoms with Crippen LogP contribution in [0.15, 0.2) is 18.2 Å². The molecule has 0 spiro atoms. The van der Waals surface area contributed by atoms with Gasteiger partial charge >= 0.3 is 0 Å². The number of anilines is 1. The van der Waals surface area contributed by atoms with E-state index in [9.17, 15) is 9.50 Å². The standard InChI is InChI=1S/C10H10FNO2/c11-6-1-2-7-8(5-6)12-9-10(7,13)3-4-14-9/h1-2,5,9,12-13H,3-4H2. The molecule has 14 heavy (non-hydrogen) atoms. The van der Waals surface area contributed by atoms with Crippen LogP contribution in [0, 0.1) is 5.82 Å². The van der Waals surface area contributed by atoms with Crippen LogP contribution in [0.25, 0.3) is 0 Å². The van der Waals surface area contributed by atoms with Crippen LogP contribution in [0.1, 0.15) is 12.0 Å². The minimum Gasteiger partial charge on any atom is -0.380 e. The fourth-order valence-corrected chi connectivity index (χ4v) is 2.19. The Morgan fingerprint density at radius 2 is 2.43 bits per heavy atom. The minimum atomic E-state index is -0.969. The molecule has 0 aromatic heterocycles. The second kappa shape index (κ2) is 2.46. The van der Waals surface area contributed by atoms with Crippen LogP contribution >= 0.6 is 0 Å². The molecule has 1 saturated heterocycles. The van der Waals surface area contributed by atoms with Gasteiger partial charge in [-0.25, -0.2) is 4.39 Å². The summed E-state index contributed by atoms with van der Waals surface area (Å²) in [5.41, 5.74) is 0.404. The molecule has 2 unspecified atom stereocenters. The lowest BCUT2D eigenvalue weighted by atomic mass is 9.93. The van der Waals surface area contributed by atoms with Crippen molar-refractivity contribution in [1.29, 1.82) is 0 Å². The molecular weight excluding hydrogens is 185 g/mol. The molecule has 2 aliphatic heterocycles. The van der Waals surface area contributed by atoms with Crippen molar-refractivity contribution in [2.24, 2.45) is 0 Å². The molecule has 0 bridgehead atoms. The van der Waals surface area contributed by atoms with Crippen molar-refractivity contribution in [3.63, 3.8) is 0 Å². The highest BCUT2D eigenvalue weighted by Crippen LogP contribution is 2.45. The second-order valence-electron chi connectivity index (χ2n) is 3.76. The van der Waals surface area contributed by atoms with Crippen molar-refractivity contribution in [1.82, 2.24) is 0 Å². The minimum absolute atomic E-state index is 0.306. The van der Waals surface area contributed by atoms with Gasteiger partial charge in [-0.15, -0.1) is 0 Å². The van der Waals surface area contributed by atoms with Gasteiger partial charge in [-0.2, -0.15) is 0 Å². The van der Waals surface area contributed by atoms with Crippen LogP contribution in [0.2, 0.25) is 0 Å². The normalized spacial score (nSPS) is 33.7. The van der Waals surface area contributed by atoms with Gasteiger partial charge < -0.3 is 15.2 Å². The van der Waals surface area contributed by atoms with Gasteiger partial charge in [-0.3, -0.25) is 0 Å². The monoisotopic (exact) mass is 195 g/mol. The van der Waals surface area contributed by atoms with Gasteiger partial charge in [0.1, 0.15) is 11.4 Å². The largest absolute Gasteiger partial charge is 0.380 e. The number of rotatable bonds is 0. The molecule has 2 N–H and O–H groups in total. The molecular formula is C10H10FNO2. The molecule has 1 aromatic rings. The molecule has 0 amide bonds. The van der Waals surface area contributed by atoms with Gasteiger partial charge in [0.05, 0.1) is 6.61 Å². The first-order valence-electron chi connectivity index (χ1n) is 4.61. The summed E-state index contributed by atoms with van der Waals surface area (Å²) < 4.78 is 18.2. The number of halogens is 1. The Balaban J connectivity index is 2.15. The Kier molecular flexibility index (Phi) is 1.44. The molecule has 0 saturated carbocycles. The molecule has 0 radical (unpaired) electrons. The van der Waals surface area contributed by atoms with Crippen molar-refractivity contribution in [2.45, 2.75) is 18.2 Å². The van der Waals surface area contributed by atoms with E-state index in [1.165, 1.54) is 12.1 Å². The predicted octanol–water partition coefficient (Wildman–Crippen LogP) is 1.19. The highest BCUT2D eigenvalue weighted by Gasteiger charge is 2.50. The lowest BCUT2D eigenvalue weighted by Crippen LogP contribution is -2.33. The summed E-state index contributed by atoms with van der Waals surface area (Å²) in [5.74, 6) is -0.306. The van der Waals surface area contributed by atoms with E-state index in [0.29, 0.717) is 18.7 Å². The highest BCUT2D eigenvalue weighted by atomic mass is 19.1. The maximum Gasteiger partial charge on any atom is 0.161 e. The number of benzene rings is 1. The molecule has 0 aliphatic carbocycles. The zero-order chi connectivity index (χ0) is 9.76. The van der Waals surface area contributed by atoms with Crippen LogP contribution < -0.4 is 5.32 Å². The number of nitrogens with one attached hydrogen (secondary N) is 1. The summed E-state index contributed by atoms with van der Waals surface area (Å²) in [6.07, 6.45) is 0.142. The second-order valence-corrected chi connectivity index (χ2v) is 3.76. The Bertz CT molecular complexity index is 396. The van der Waals surface area contributed by atoms with E-state index in [4.69, 9.17) is 4.74 Å². The third-order valence-corrected chi connectivity index (χ3v) is 2.94. The number of fused-ring (bicyclic) bond motifs is 3. The van der Waals surface area contributed by atoms with E-state index in [-0.39, 0.29) is 5.82 Å². The van der Waals surface area contributed by atoms with E-state index in [1.807, 2.05) is 0 Å². The zero-order valence-corrected chi connectivity index (χ0v) is 7.46. The molecule has 1 aromatic carbocycles. The molecule has 3 nitrogen and oxygen atoms in total. The van der Waals surface area contributed by atoms with Gasteiger partial charge in [0.15, 0.2) is 6.23 Å². The average molecular weight is 195 g/mol. The summed E-state index contributed by atoms with van der Waals surface area (Å²) in [4.78, 5) is 0. The van der Waals surface area contributed by atoms with Gasteiger partial charge in [0, 0.05) is 17.7 Å². The molecule has 74 valence electrons. The number of aliphatic hydroxyl groups is 1. The third kappa shape index (κ3) is 0.871. The van der Waals surface area contributed by atoms with Gasteiger partial charge in [0.25, 0.3) is 0 Å². The van der Waals surface area contributed by atoms with Gasteiger partial charge in [-0.1, -0.05) is 6.07 Å². The Morgan fingerprint density at radius 3 is 3.29 bits per heavy atom. The SMILES string of the molecule is OC12CCOC1Nc1cc(F)ccc12. The smallest absolute Gasteiger partial charge is 0.161 e. The van der Waals surface area contributed by atoms with Gasteiger partial charge in [-0.05, 0) is 12.1 Å². The number of ether oxygens (including phenoxy) is 1. The lowest BCUT2D eigenvalue weighted by molar-refractivity contribution is -0.0169. The fourth-order valence-electron chi connectivity index (χ4n) is 2.19. The summed E-state index contributed by atoms with van der Waals surface area (Å²) in [6, 6.07) is 4.36. The lowest BCUT2D eigenvalue weighted by Gasteiger charge is -2.20. The zero-order valence-electron chi connectivity index (χ0n) is 7.46. The van der Waals surface area contributed by atoms with Crippen LogP contribution in [-0.2, 0) is 10.3 Å². The number of hydrogen-bond acceptors (Lipinski definition) is 3. The topological polar surface area (TPSA) is 41.5 Å². The first kappa shape index (κ1) is 8.20. The van der Waals surface area contributed by atoms with E-state index < -0.39 is 11.8 Å². The third-order valence-electron chi connectivity index (χ3n) is 2.94.